The van der Waals surface area contributed by atoms with Crippen LogP contribution in [0.25, 0.3) is 0 Å². The van der Waals surface area contributed by atoms with Crippen molar-refractivity contribution in [2.24, 2.45) is 5.73 Å². The normalized spacial score (nSPS) is 19.4. The van der Waals surface area contributed by atoms with E-state index in [-0.39, 0.29) is 0 Å². The van der Waals surface area contributed by atoms with Crippen molar-refractivity contribution in [1.82, 2.24) is 4.90 Å². The van der Waals surface area contributed by atoms with E-state index in [9.17, 15) is 0 Å². The molecule has 0 aliphatic heterocycles. The van der Waals surface area contributed by atoms with E-state index in [1.165, 1.54) is 12.8 Å². The van der Waals surface area contributed by atoms with Gasteiger partial charge in [0.15, 0.2) is 0 Å². The van der Waals surface area contributed by atoms with Crippen molar-refractivity contribution in [3.05, 3.63) is 0 Å². The summed E-state index contributed by atoms with van der Waals surface area (Å²) >= 11 is 0. The lowest BCUT2D eigenvalue weighted by Crippen LogP contribution is -2.39. The van der Waals surface area contributed by atoms with Gasteiger partial charge in [-0.25, -0.2) is 0 Å². The Morgan fingerprint density at radius 3 is 2.69 bits per heavy atom. The standard InChI is InChI=1S/C10H22N2O/c1-9(8-13-2)12(7-3-6-11)10-4-5-10/h9-10H,3-8,11H2,1-2H3. The van der Waals surface area contributed by atoms with E-state index in [2.05, 4.69) is 11.8 Å². The van der Waals surface area contributed by atoms with Gasteiger partial charge in [-0.15, -0.1) is 0 Å². The Bertz CT molecular complexity index is 137. The predicted molar refractivity (Wildman–Crippen MR) is 54.7 cm³/mol. The highest BCUT2D eigenvalue weighted by atomic mass is 16.5. The molecular formula is C10H22N2O. The van der Waals surface area contributed by atoms with Gasteiger partial charge in [0.05, 0.1) is 6.61 Å². The smallest absolute Gasteiger partial charge is 0.0615 e. The van der Waals surface area contributed by atoms with E-state index >= 15 is 0 Å². The van der Waals surface area contributed by atoms with Crippen LogP contribution in [0, 0.1) is 0 Å². The molecule has 3 nitrogen and oxygen atoms in total. The van der Waals surface area contributed by atoms with Gasteiger partial charge < -0.3 is 10.5 Å². The Morgan fingerprint density at radius 1 is 1.54 bits per heavy atom. The fourth-order valence-electron chi connectivity index (χ4n) is 1.78. The molecule has 2 N–H and O–H groups in total. The largest absolute Gasteiger partial charge is 0.383 e. The molecule has 1 aliphatic rings. The lowest BCUT2D eigenvalue weighted by Gasteiger charge is -2.28. The third-order valence-corrected chi connectivity index (χ3v) is 2.61. The molecule has 13 heavy (non-hydrogen) atoms. The van der Waals surface area contributed by atoms with E-state index in [0.29, 0.717) is 6.04 Å². The van der Waals surface area contributed by atoms with E-state index in [1.54, 1.807) is 7.11 Å². The van der Waals surface area contributed by atoms with Gasteiger partial charge in [-0.3, -0.25) is 4.90 Å². The maximum Gasteiger partial charge on any atom is 0.0615 e. The first-order chi connectivity index (χ1) is 6.29. The molecule has 0 heterocycles. The van der Waals surface area contributed by atoms with Gasteiger partial charge in [0.2, 0.25) is 0 Å². The molecule has 0 saturated heterocycles. The van der Waals surface area contributed by atoms with Crippen LogP contribution in [0.2, 0.25) is 0 Å². The first-order valence-electron chi connectivity index (χ1n) is 5.24. The summed E-state index contributed by atoms with van der Waals surface area (Å²) in [4.78, 5) is 2.54. The van der Waals surface area contributed by atoms with Crippen molar-refractivity contribution < 1.29 is 4.74 Å². The fraction of sp³-hybridized carbons (Fsp3) is 1.00. The van der Waals surface area contributed by atoms with Crippen molar-refractivity contribution in [3.63, 3.8) is 0 Å². The Morgan fingerprint density at radius 2 is 2.23 bits per heavy atom. The molecule has 1 fully saturated rings. The van der Waals surface area contributed by atoms with E-state index in [0.717, 1.165) is 32.2 Å². The molecule has 0 aromatic carbocycles. The highest BCUT2D eigenvalue weighted by Crippen LogP contribution is 2.28. The lowest BCUT2D eigenvalue weighted by atomic mass is 10.2. The van der Waals surface area contributed by atoms with Crippen LogP contribution in [0.1, 0.15) is 26.2 Å². The third-order valence-electron chi connectivity index (χ3n) is 2.61. The molecule has 1 atom stereocenters. The SMILES string of the molecule is COCC(C)N(CCCN)C1CC1. The first kappa shape index (κ1) is 11.0. The molecule has 0 spiro atoms. The van der Waals surface area contributed by atoms with Crippen LogP contribution >= 0.6 is 0 Å². The summed E-state index contributed by atoms with van der Waals surface area (Å²) in [5.74, 6) is 0. The van der Waals surface area contributed by atoms with Gasteiger partial charge >= 0.3 is 0 Å². The van der Waals surface area contributed by atoms with Gasteiger partial charge in [0.25, 0.3) is 0 Å². The van der Waals surface area contributed by atoms with E-state index in [4.69, 9.17) is 10.5 Å². The summed E-state index contributed by atoms with van der Waals surface area (Å²) in [6, 6.07) is 1.36. The Labute approximate surface area is 81.2 Å². The van der Waals surface area contributed by atoms with Crippen LogP contribution in [0.5, 0.6) is 0 Å². The molecule has 0 bridgehead atoms. The highest BCUT2D eigenvalue weighted by Gasteiger charge is 2.31. The summed E-state index contributed by atoms with van der Waals surface area (Å²) in [6.45, 7) is 4.99. The molecule has 0 amide bonds. The van der Waals surface area contributed by atoms with Crippen LogP contribution in [0.3, 0.4) is 0 Å². The highest BCUT2D eigenvalue weighted by molar-refractivity contribution is 4.87. The molecule has 0 aromatic rings. The minimum absolute atomic E-state index is 0.545. The average molecular weight is 186 g/mol. The van der Waals surface area contributed by atoms with E-state index in [1.807, 2.05) is 0 Å². The number of nitrogens with zero attached hydrogens (tertiary/aromatic N) is 1. The fourth-order valence-corrected chi connectivity index (χ4v) is 1.78. The van der Waals surface area contributed by atoms with Gasteiger partial charge in [0, 0.05) is 25.7 Å². The zero-order chi connectivity index (χ0) is 9.68. The second-order valence-corrected chi connectivity index (χ2v) is 3.92. The van der Waals surface area contributed by atoms with Crippen molar-refractivity contribution >= 4 is 0 Å². The Balaban J connectivity index is 2.27. The summed E-state index contributed by atoms with van der Waals surface area (Å²) in [6.07, 6.45) is 3.82. The minimum Gasteiger partial charge on any atom is -0.383 e. The third kappa shape index (κ3) is 3.63. The van der Waals surface area contributed by atoms with Gasteiger partial charge in [-0.2, -0.15) is 0 Å². The molecule has 1 rings (SSSR count). The number of nitrogens with two attached hydrogens (primary N) is 1. The molecule has 78 valence electrons. The first-order valence-corrected chi connectivity index (χ1v) is 5.24. The predicted octanol–water partition coefficient (Wildman–Crippen LogP) is 0.835. The molecule has 1 aliphatic carbocycles. The van der Waals surface area contributed by atoms with Crippen molar-refractivity contribution in [2.45, 2.75) is 38.3 Å². The molecule has 3 heteroatoms. The number of rotatable bonds is 7. The molecule has 0 aromatic heterocycles. The second kappa shape index (κ2) is 5.58. The molecule has 1 unspecified atom stereocenters. The minimum atomic E-state index is 0.545. The lowest BCUT2D eigenvalue weighted by molar-refractivity contribution is 0.0936. The van der Waals surface area contributed by atoms with Crippen LogP contribution in [0.15, 0.2) is 0 Å². The van der Waals surface area contributed by atoms with E-state index < -0.39 is 0 Å². The van der Waals surface area contributed by atoms with Crippen molar-refractivity contribution in [3.8, 4) is 0 Å². The van der Waals surface area contributed by atoms with Crippen LogP contribution in [-0.2, 0) is 4.74 Å². The van der Waals surface area contributed by atoms with Crippen LogP contribution in [-0.4, -0.2) is 43.8 Å². The van der Waals surface area contributed by atoms with Crippen molar-refractivity contribution in [2.75, 3.05) is 26.8 Å². The summed E-state index contributed by atoms with van der Waals surface area (Å²) in [7, 11) is 1.77. The summed E-state index contributed by atoms with van der Waals surface area (Å²) in [5, 5.41) is 0. The maximum atomic E-state index is 5.51. The maximum absolute atomic E-state index is 5.51. The van der Waals surface area contributed by atoms with Gasteiger partial charge in [-0.05, 0) is 32.7 Å². The number of methoxy groups -OCH3 is 1. The Hall–Kier alpha value is -0.120. The topological polar surface area (TPSA) is 38.5 Å². The number of hydrogen-bond donors (Lipinski definition) is 1. The average Bonchev–Trinajstić information content (AvgIpc) is 2.89. The summed E-state index contributed by atoms with van der Waals surface area (Å²) in [5.41, 5.74) is 5.51. The molecule has 1 saturated carbocycles. The zero-order valence-corrected chi connectivity index (χ0v) is 8.83. The Kier molecular flexibility index (Phi) is 4.70. The van der Waals surface area contributed by atoms with Crippen LogP contribution < -0.4 is 5.73 Å². The monoisotopic (exact) mass is 186 g/mol. The zero-order valence-electron chi connectivity index (χ0n) is 8.83. The second-order valence-electron chi connectivity index (χ2n) is 3.92. The molecular weight excluding hydrogens is 164 g/mol. The molecule has 0 radical (unpaired) electrons. The van der Waals surface area contributed by atoms with Gasteiger partial charge in [0.1, 0.15) is 0 Å². The van der Waals surface area contributed by atoms with Crippen LogP contribution in [0.4, 0.5) is 0 Å². The number of ether oxygens (including phenoxy) is 1. The van der Waals surface area contributed by atoms with Crippen molar-refractivity contribution in [1.29, 1.82) is 0 Å². The van der Waals surface area contributed by atoms with Gasteiger partial charge in [-0.1, -0.05) is 0 Å². The number of hydrogen-bond acceptors (Lipinski definition) is 3. The quantitative estimate of drug-likeness (QED) is 0.640. The summed E-state index contributed by atoms with van der Waals surface area (Å²) < 4.78 is 5.17.